The van der Waals surface area contributed by atoms with Crippen molar-refractivity contribution in [3.8, 4) is 0 Å². The van der Waals surface area contributed by atoms with E-state index >= 15 is 0 Å². The van der Waals surface area contributed by atoms with Crippen LogP contribution in [0.15, 0.2) is 58.1 Å². The smallest absolute Gasteiger partial charge is 0.291 e. The summed E-state index contributed by atoms with van der Waals surface area (Å²) in [5.74, 6) is -0.733. The lowest BCUT2D eigenvalue weighted by molar-refractivity contribution is -0.113. The van der Waals surface area contributed by atoms with E-state index in [1.807, 2.05) is 6.07 Å². The van der Waals surface area contributed by atoms with Crippen molar-refractivity contribution in [1.29, 1.82) is 0 Å². The number of aromatic nitrogens is 3. The van der Waals surface area contributed by atoms with Gasteiger partial charge in [-0.15, -0.1) is 0 Å². The van der Waals surface area contributed by atoms with Crippen LogP contribution in [0, 0.1) is 5.82 Å². The average molecular weight is 457 g/mol. The van der Waals surface area contributed by atoms with E-state index in [-0.39, 0.29) is 33.9 Å². The Balaban J connectivity index is 1.76. The van der Waals surface area contributed by atoms with E-state index in [2.05, 4.69) is 26.0 Å². The fourth-order valence-corrected chi connectivity index (χ4v) is 4.64. The lowest BCUT2D eigenvalue weighted by atomic mass is 10.1. The van der Waals surface area contributed by atoms with E-state index in [1.54, 1.807) is 30.3 Å². The van der Waals surface area contributed by atoms with Gasteiger partial charge in [0.2, 0.25) is 4.96 Å². The summed E-state index contributed by atoms with van der Waals surface area (Å²) in [6, 6.07) is 11.7. The van der Waals surface area contributed by atoms with Gasteiger partial charge in [0.05, 0.1) is 17.8 Å². The van der Waals surface area contributed by atoms with E-state index in [0.717, 1.165) is 15.8 Å². The number of rotatable bonds is 2. The molecular weight excluding hydrogens is 447 g/mol. The Labute approximate surface area is 169 Å². The molecule has 0 saturated carbocycles. The van der Waals surface area contributed by atoms with Crippen LogP contribution in [0.4, 0.5) is 10.1 Å². The zero-order valence-corrected chi connectivity index (χ0v) is 16.5. The number of benzene rings is 2. The van der Waals surface area contributed by atoms with Gasteiger partial charge in [0.25, 0.3) is 11.5 Å². The highest BCUT2D eigenvalue weighted by molar-refractivity contribution is 9.10. The SMILES string of the molecule is O=C1/C(=c2\sc3ncnn3c2=O)c2cc(Br)ccc2N1Cc1ccccc1F. The number of amides is 1. The second kappa shape index (κ2) is 6.32. The average Bonchev–Trinajstić information content (AvgIpc) is 3.32. The molecule has 0 bridgehead atoms. The molecule has 0 unspecified atom stereocenters. The molecule has 28 heavy (non-hydrogen) atoms. The van der Waals surface area contributed by atoms with Crippen LogP contribution in [0.1, 0.15) is 11.1 Å². The van der Waals surface area contributed by atoms with Crippen molar-refractivity contribution in [1.82, 2.24) is 14.6 Å². The van der Waals surface area contributed by atoms with Gasteiger partial charge >= 0.3 is 0 Å². The molecule has 9 heteroatoms. The summed E-state index contributed by atoms with van der Waals surface area (Å²) >= 11 is 4.54. The molecule has 0 radical (unpaired) electrons. The first-order chi connectivity index (χ1) is 13.5. The van der Waals surface area contributed by atoms with Gasteiger partial charge in [-0.25, -0.2) is 9.37 Å². The molecule has 0 saturated heterocycles. The minimum Gasteiger partial charge on any atom is -0.303 e. The quantitative estimate of drug-likeness (QED) is 0.464. The second-order valence-corrected chi connectivity index (χ2v) is 8.10. The van der Waals surface area contributed by atoms with Gasteiger partial charge in [-0.1, -0.05) is 45.5 Å². The molecule has 0 aliphatic carbocycles. The van der Waals surface area contributed by atoms with Gasteiger partial charge in [-0.3, -0.25) is 9.59 Å². The highest BCUT2D eigenvalue weighted by Crippen LogP contribution is 2.38. The van der Waals surface area contributed by atoms with Crippen LogP contribution in [0.5, 0.6) is 0 Å². The zero-order chi connectivity index (χ0) is 19.4. The minimum absolute atomic E-state index is 0.0680. The predicted molar refractivity (Wildman–Crippen MR) is 107 cm³/mol. The Morgan fingerprint density at radius 1 is 1.14 bits per heavy atom. The maximum atomic E-state index is 14.2. The van der Waals surface area contributed by atoms with Gasteiger partial charge in [-0.2, -0.15) is 9.61 Å². The van der Waals surface area contributed by atoms with Crippen LogP contribution in [0.3, 0.4) is 0 Å². The molecule has 0 fully saturated rings. The Morgan fingerprint density at radius 3 is 2.75 bits per heavy atom. The lowest BCUT2D eigenvalue weighted by Gasteiger charge is -2.17. The number of thiazole rings is 1. The van der Waals surface area contributed by atoms with Crippen molar-refractivity contribution < 1.29 is 9.18 Å². The second-order valence-electron chi connectivity index (χ2n) is 6.21. The molecule has 1 aliphatic heterocycles. The molecule has 5 rings (SSSR count). The number of halogens is 2. The largest absolute Gasteiger partial charge is 0.303 e. The first-order valence-electron chi connectivity index (χ1n) is 8.26. The molecule has 3 heterocycles. The van der Waals surface area contributed by atoms with Gasteiger partial charge < -0.3 is 4.90 Å². The third-order valence-corrected chi connectivity index (χ3v) is 6.12. The molecule has 0 atom stereocenters. The van der Waals surface area contributed by atoms with Crippen molar-refractivity contribution in [2.45, 2.75) is 6.54 Å². The van der Waals surface area contributed by atoms with Crippen molar-refractivity contribution >= 4 is 49.4 Å². The third kappa shape index (κ3) is 2.50. The van der Waals surface area contributed by atoms with Crippen LogP contribution in [0.25, 0.3) is 10.5 Å². The molecule has 6 nitrogen and oxygen atoms in total. The maximum absolute atomic E-state index is 14.2. The van der Waals surface area contributed by atoms with E-state index < -0.39 is 0 Å². The monoisotopic (exact) mass is 456 g/mol. The van der Waals surface area contributed by atoms with Crippen LogP contribution >= 0.6 is 27.3 Å². The Bertz CT molecular complexity index is 1380. The van der Waals surface area contributed by atoms with Crippen molar-refractivity contribution in [3.63, 3.8) is 0 Å². The fraction of sp³-hybridized carbons (Fsp3) is 0.0526. The molecule has 1 aliphatic rings. The summed E-state index contributed by atoms with van der Waals surface area (Å²) in [7, 11) is 0. The summed E-state index contributed by atoms with van der Waals surface area (Å²) in [5.41, 5.74) is 1.55. The van der Waals surface area contributed by atoms with Gasteiger partial charge in [0, 0.05) is 15.6 Å². The van der Waals surface area contributed by atoms with E-state index in [0.29, 0.717) is 21.8 Å². The number of hydrogen-bond donors (Lipinski definition) is 0. The molecule has 2 aromatic heterocycles. The number of anilines is 1. The van der Waals surface area contributed by atoms with Crippen molar-refractivity contribution in [2.24, 2.45) is 0 Å². The summed E-state index contributed by atoms with van der Waals surface area (Å²) in [5, 5.41) is 3.91. The summed E-state index contributed by atoms with van der Waals surface area (Å²) in [6.45, 7) is 0.0680. The van der Waals surface area contributed by atoms with Gasteiger partial charge in [0.15, 0.2) is 0 Å². The van der Waals surface area contributed by atoms with E-state index in [9.17, 15) is 14.0 Å². The predicted octanol–water partition coefficient (Wildman–Crippen LogP) is 2.52. The van der Waals surface area contributed by atoms with Gasteiger partial charge in [-0.05, 0) is 24.3 Å². The molecule has 0 N–H and O–H groups in total. The lowest BCUT2D eigenvalue weighted by Crippen LogP contribution is -2.32. The summed E-state index contributed by atoms with van der Waals surface area (Å²) < 4.78 is 16.4. The standard InChI is InChI=1S/C19H10BrFN4O2S/c20-11-5-6-14-12(7-11)15(16-18(27)25-19(28-16)22-9-23-25)17(26)24(14)8-10-3-1-2-4-13(10)21/h1-7,9H,8H2/b16-15-. The fourth-order valence-electron chi connectivity index (χ4n) is 3.31. The Kier molecular flexibility index (Phi) is 3.88. The molecule has 4 aromatic rings. The van der Waals surface area contributed by atoms with Crippen molar-refractivity contribution in [3.05, 3.63) is 85.1 Å². The first kappa shape index (κ1) is 17.2. The number of hydrogen-bond acceptors (Lipinski definition) is 5. The number of carbonyl (C=O) groups excluding carboxylic acids is 1. The molecule has 2 aromatic carbocycles. The maximum Gasteiger partial charge on any atom is 0.291 e. The summed E-state index contributed by atoms with van der Waals surface area (Å²) in [4.78, 5) is 32.0. The Morgan fingerprint density at radius 2 is 1.96 bits per heavy atom. The minimum atomic E-state index is -0.389. The summed E-state index contributed by atoms with van der Waals surface area (Å²) in [6.07, 6.45) is 1.30. The van der Waals surface area contributed by atoms with Crippen LogP contribution in [0.2, 0.25) is 0 Å². The molecular formula is C19H10BrFN4O2S. The highest BCUT2D eigenvalue weighted by Gasteiger charge is 2.35. The molecule has 138 valence electrons. The molecule has 1 amide bonds. The normalized spacial score (nSPS) is 15.5. The molecule has 0 spiro atoms. The van der Waals surface area contributed by atoms with E-state index in [1.165, 1.54) is 21.8 Å². The topological polar surface area (TPSA) is 67.6 Å². The van der Waals surface area contributed by atoms with Gasteiger partial charge in [0.1, 0.15) is 16.7 Å². The van der Waals surface area contributed by atoms with E-state index in [4.69, 9.17) is 0 Å². The highest BCUT2D eigenvalue weighted by atomic mass is 79.9. The number of fused-ring (bicyclic) bond motifs is 2. The first-order valence-corrected chi connectivity index (χ1v) is 9.87. The Hall–Kier alpha value is -2.91. The third-order valence-electron chi connectivity index (χ3n) is 4.59. The van der Waals surface area contributed by atoms with Crippen molar-refractivity contribution in [2.75, 3.05) is 4.90 Å². The number of carbonyl (C=O) groups is 1. The number of nitrogens with zero attached hydrogens (tertiary/aromatic N) is 4. The van der Waals surface area contributed by atoms with Crippen LogP contribution in [-0.4, -0.2) is 20.5 Å². The van der Waals surface area contributed by atoms with Crippen LogP contribution < -0.4 is 15.0 Å². The van der Waals surface area contributed by atoms with Crippen LogP contribution in [-0.2, 0) is 11.3 Å². The zero-order valence-electron chi connectivity index (χ0n) is 14.1.